The van der Waals surface area contributed by atoms with Gasteiger partial charge in [-0.1, -0.05) is 18.2 Å². The number of hydrogen-bond acceptors (Lipinski definition) is 2. The molecule has 3 rings (SSSR count). The third-order valence-electron chi connectivity index (χ3n) is 4.44. The standard InChI is InChI=1S/C16H22N2O2/c19-11-13-6-7-18(10-13)16(20)17-9-12-4-5-14-2-1-3-15(14)8-12/h4-5,8,13,19H,1-3,6-7,9-11H2,(H,17,20). The first-order chi connectivity index (χ1) is 9.76. The van der Waals surface area contributed by atoms with Crippen LogP contribution in [0.15, 0.2) is 18.2 Å². The van der Waals surface area contributed by atoms with Crippen LogP contribution >= 0.6 is 0 Å². The van der Waals surface area contributed by atoms with Crippen molar-refractivity contribution in [2.45, 2.75) is 32.2 Å². The Morgan fingerprint density at radius 1 is 1.35 bits per heavy atom. The molecule has 0 bridgehead atoms. The van der Waals surface area contributed by atoms with Crippen LogP contribution in [0.25, 0.3) is 0 Å². The van der Waals surface area contributed by atoms with E-state index in [1.54, 1.807) is 4.90 Å². The fraction of sp³-hybridized carbons (Fsp3) is 0.562. The van der Waals surface area contributed by atoms with Gasteiger partial charge in [-0.05, 0) is 42.4 Å². The van der Waals surface area contributed by atoms with E-state index < -0.39 is 0 Å². The van der Waals surface area contributed by atoms with E-state index in [1.807, 2.05) is 0 Å². The predicted octanol–water partition coefficient (Wildman–Crippen LogP) is 1.70. The van der Waals surface area contributed by atoms with E-state index in [-0.39, 0.29) is 18.6 Å². The topological polar surface area (TPSA) is 52.6 Å². The predicted molar refractivity (Wildman–Crippen MR) is 77.5 cm³/mol. The summed E-state index contributed by atoms with van der Waals surface area (Å²) in [5.74, 6) is 0.251. The van der Waals surface area contributed by atoms with E-state index in [0.29, 0.717) is 13.1 Å². The first kappa shape index (κ1) is 13.4. The lowest BCUT2D eigenvalue weighted by atomic mass is 10.1. The van der Waals surface area contributed by atoms with E-state index in [4.69, 9.17) is 5.11 Å². The summed E-state index contributed by atoms with van der Waals surface area (Å²) in [7, 11) is 0. The highest BCUT2D eigenvalue weighted by Crippen LogP contribution is 2.22. The van der Waals surface area contributed by atoms with E-state index in [2.05, 4.69) is 23.5 Å². The monoisotopic (exact) mass is 274 g/mol. The SMILES string of the molecule is O=C(NCc1ccc2c(c1)CCC2)N1CCC(CO)C1. The molecule has 0 radical (unpaired) electrons. The van der Waals surface area contributed by atoms with E-state index in [1.165, 1.54) is 36.0 Å². The second kappa shape index (κ2) is 5.83. The van der Waals surface area contributed by atoms with Gasteiger partial charge in [-0.25, -0.2) is 4.79 Å². The number of aliphatic hydroxyl groups excluding tert-OH is 1. The van der Waals surface area contributed by atoms with Gasteiger partial charge < -0.3 is 15.3 Å². The van der Waals surface area contributed by atoms with Crippen LogP contribution < -0.4 is 5.32 Å². The van der Waals surface area contributed by atoms with Crippen molar-refractivity contribution in [3.63, 3.8) is 0 Å². The third kappa shape index (κ3) is 2.80. The number of likely N-dealkylation sites (tertiary alicyclic amines) is 1. The molecular formula is C16H22N2O2. The van der Waals surface area contributed by atoms with Crippen molar-refractivity contribution in [2.24, 2.45) is 5.92 Å². The minimum atomic E-state index is -0.0125. The van der Waals surface area contributed by atoms with Crippen molar-refractivity contribution < 1.29 is 9.90 Å². The van der Waals surface area contributed by atoms with E-state index in [9.17, 15) is 4.79 Å². The van der Waals surface area contributed by atoms with Crippen LogP contribution in [0.2, 0.25) is 0 Å². The molecule has 1 aromatic rings. The van der Waals surface area contributed by atoms with E-state index >= 15 is 0 Å². The lowest BCUT2D eigenvalue weighted by Crippen LogP contribution is -2.38. The zero-order valence-electron chi connectivity index (χ0n) is 11.8. The Bertz CT molecular complexity index is 501. The molecule has 20 heavy (non-hydrogen) atoms. The van der Waals surface area contributed by atoms with Gasteiger partial charge in [0.15, 0.2) is 0 Å². The summed E-state index contributed by atoms with van der Waals surface area (Å²) in [6.07, 6.45) is 4.52. The van der Waals surface area contributed by atoms with Gasteiger partial charge in [0.1, 0.15) is 0 Å². The van der Waals surface area contributed by atoms with Crippen LogP contribution in [0.1, 0.15) is 29.5 Å². The lowest BCUT2D eigenvalue weighted by Gasteiger charge is -2.17. The molecular weight excluding hydrogens is 252 g/mol. The third-order valence-corrected chi connectivity index (χ3v) is 4.44. The Balaban J connectivity index is 1.53. The van der Waals surface area contributed by atoms with Crippen molar-refractivity contribution in [1.82, 2.24) is 10.2 Å². The Kier molecular flexibility index (Phi) is 3.92. The highest BCUT2D eigenvalue weighted by atomic mass is 16.3. The van der Waals surface area contributed by atoms with Gasteiger partial charge in [-0.3, -0.25) is 0 Å². The molecule has 4 nitrogen and oxygen atoms in total. The number of carbonyl (C=O) groups is 1. The van der Waals surface area contributed by atoms with Gasteiger partial charge in [0, 0.05) is 32.2 Å². The fourth-order valence-electron chi connectivity index (χ4n) is 3.19. The summed E-state index contributed by atoms with van der Waals surface area (Å²) < 4.78 is 0. The molecule has 1 heterocycles. The van der Waals surface area contributed by atoms with Crippen LogP contribution in [0.4, 0.5) is 4.79 Å². The number of fused-ring (bicyclic) bond motifs is 1. The maximum absolute atomic E-state index is 12.0. The quantitative estimate of drug-likeness (QED) is 0.881. The minimum Gasteiger partial charge on any atom is -0.396 e. The molecule has 1 atom stereocenters. The largest absolute Gasteiger partial charge is 0.396 e. The number of amides is 2. The number of aryl methyl sites for hydroxylation is 2. The van der Waals surface area contributed by atoms with Crippen LogP contribution in [0.5, 0.6) is 0 Å². The highest BCUT2D eigenvalue weighted by Gasteiger charge is 2.25. The summed E-state index contributed by atoms with van der Waals surface area (Å²) >= 11 is 0. The smallest absolute Gasteiger partial charge is 0.317 e. The van der Waals surface area contributed by atoms with Gasteiger partial charge in [0.25, 0.3) is 0 Å². The molecule has 1 saturated heterocycles. The van der Waals surface area contributed by atoms with Crippen LogP contribution in [-0.4, -0.2) is 35.7 Å². The van der Waals surface area contributed by atoms with Gasteiger partial charge in [0.05, 0.1) is 0 Å². The molecule has 1 unspecified atom stereocenters. The summed E-state index contributed by atoms with van der Waals surface area (Å²) in [5.41, 5.74) is 4.08. The van der Waals surface area contributed by atoms with Crippen molar-refractivity contribution in [1.29, 1.82) is 0 Å². The summed E-state index contributed by atoms with van der Waals surface area (Å²) in [5, 5.41) is 12.1. The molecule has 2 amide bonds. The van der Waals surface area contributed by atoms with Gasteiger partial charge in [-0.15, -0.1) is 0 Å². The lowest BCUT2D eigenvalue weighted by molar-refractivity contribution is 0.198. The molecule has 1 aromatic carbocycles. The van der Waals surface area contributed by atoms with Gasteiger partial charge >= 0.3 is 6.03 Å². The summed E-state index contributed by atoms with van der Waals surface area (Å²) in [6, 6.07) is 6.52. The molecule has 1 fully saturated rings. The molecule has 2 N–H and O–H groups in total. The maximum Gasteiger partial charge on any atom is 0.317 e. The molecule has 108 valence electrons. The molecule has 2 aliphatic rings. The van der Waals surface area contributed by atoms with Crippen LogP contribution in [-0.2, 0) is 19.4 Å². The fourth-order valence-corrected chi connectivity index (χ4v) is 3.19. The van der Waals surface area contributed by atoms with Crippen molar-refractivity contribution in [2.75, 3.05) is 19.7 Å². The Morgan fingerprint density at radius 3 is 3.00 bits per heavy atom. The number of nitrogens with one attached hydrogen (secondary N) is 1. The van der Waals surface area contributed by atoms with Crippen molar-refractivity contribution >= 4 is 6.03 Å². The molecule has 0 aromatic heterocycles. The minimum absolute atomic E-state index is 0.0125. The molecule has 0 spiro atoms. The van der Waals surface area contributed by atoms with Gasteiger partial charge in [0.2, 0.25) is 0 Å². The maximum atomic E-state index is 12.0. The Hall–Kier alpha value is -1.55. The summed E-state index contributed by atoms with van der Waals surface area (Å²) in [4.78, 5) is 13.8. The van der Waals surface area contributed by atoms with Gasteiger partial charge in [-0.2, -0.15) is 0 Å². The molecule has 1 aliphatic heterocycles. The second-order valence-electron chi connectivity index (χ2n) is 5.90. The first-order valence-electron chi connectivity index (χ1n) is 7.50. The summed E-state index contributed by atoms with van der Waals surface area (Å²) in [6.45, 7) is 2.19. The second-order valence-corrected chi connectivity index (χ2v) is 5.90. The average molecular weight is 274 g/mol. The van der Waals surface area contributed by atoms with Crippen molar-refractivity contribution in [3.8, 4) is 0 Å². The number of benzene rings is 1. The Labute approximate surface area is 119 Å². The first-order valence-corrected chi connectivity index (χ1v) is 7.50. The normalized spacial score (nSPS) is 21.1. The number of rotatable bonds is 3. The van der Waals surface area contributed by atoms with Crippen molar-refractivity contribution in [3.05, 3.63) is 34.9 Å². The highest BCUT2D eigenvalue weighted by molar-refractivity contribution is 5.74. The number of carbonyl (C=O) groups excluding carboxylic acids is 1. The Morgan fingerprint density at radius 2 is 2.20 bits per heavy atom. The number of urea groups is 1. The molecule has 4 heteroatoms. The number of hydrogen-bond donors (Lipinski definition) is 2. The average Bonchev–Trinajstić information content (AvgIpc) is 3.12. The van der Waals surface area contributed by atoms with Crippen LogP contribution in [0.3, 0.4) is 0 Å². The molecule has 1 aliphatic carbocycles. The molecule has 0 saturated carbocycles. The zero-order valence-corrected chi connectivity index (χ0v) is 11.8. The zero-order chi connectivity index (χ0) is 13.9. The number of aliphatic hydroxyl groups is 1. The van der Waals surface area contributed by atoms with E-state index in [0.717, 1.165) is 13.0 Å². The number of nitrogens with zero attached hydrogens (tertiary/aromatic N) is 1. The van der Waals surface area contributed by atoms with Crippen LogP contribution in [0, 0.1) is 5.92 Å².